The van der Waals surface area contributed by atoms with E-state index in [1.165, 1.54) is 102 Å². The van der Waals surface area contributed by atoms with Crippen molar-refractivity contribution in [2.24, 2.45) is 0 Å². The van der Waals surface area contributed by atoms with Gasteiger partial charge in [0, 0.05) is 5.33 Å². The summed E-state index contributed by atoms with van der Waals surface area (Å²) in [6, 6.07) is 0. The first-order valence-electron chi connectivity index (χ1n) is 8.77. The molecular formula is C18H36BrClMg. The Morgan fingerprint density at radius 3 is 0.952 bits per heavy atom. The summed E-state index contributed by atoms with van der Waals surface area (Å²) in [6.07, 6.45) is 22.7. The number of unbranched alkanes of at least 4 members (excludes halogenated alkanes) is 15. The van der Waals surface area contributed by atoms with Crippen molar-refractivity contribution in [3.63, 3.8) is 0 Å². The fourth-order valence-corrected chi connectivity index (χ4v) is 2.97. The first-order valence-corrected chi connectivity index (χ1v) is 9.89. The van der Waals surface area contributed by atoms with E-state index in [0.29, 0.717) is 0 Å². The number of alkyl halides is 1. The topological polar surface area (TPSA) is 0 Å². The molecule has 0 bridgehead atoms. The van der Waals surface area contributed by atoms with Gasteiger partial charge in [0.1, 0.15) is 0 Å². The van der Waals surface area contributed by atoms with Gasteiger partial charge in [0.2, 0.25) is 0 Å². The van der Waals surface area contributed by atoms with Crippen molar-refractivity contribution < 1.29 is 12.4 Å². The predicted octanol–water partition coefficient (Wildman–Crippen LogP) is 4.08. The zero-order valence-electron chi connectivity index (χ0n) is 14.2. The molecule has 0 unspecified atom stereocenters. The zero-order valence-corrected chi connectivity index (χ0v) is 17.9. The molecule has 124 valence electrons. The van der Waals surface area contributed by atoms with Crippen molar-refractivity contribution in [1.82, 2.24) is 0 Å². The smallest absolute Gasteiger partial charge is 1.00 e. The Balaban J connectivity index is -0.00000162. The molecule has 0 aromatic heterocycles. The monoisotopic (exact) mass is 390 g/mol. The van der Waals surface area contributed by atoms with E-state index in [-0.39, 0.29) is 35.5 Å². The fourth-order valence-electron chi connectivity index (χ4n) is 2.57. The number of hydrogen-bond donors (Lipinski definition) is 0. The second-order valence-corrected chi connectivity index (χ2v) is 6.64. The SMILES string of the molecule is [CH2-]CCCCCCCCCCCCCCCCCBr.[Cl-].[Mg+2]. The van der Waals surface area contributed by atoms with Crippen LogP contribution in [-0.4, -0.2) is 28.4 Å². The van der Waals surface area contributed by atoms with Crippen LogP contribution in [-0.2, 0) is 0 Å². The number of hydrogen-bond acceptors (Lipinski definition) is 0. The van der Waals surface area contributed by atoms with Crippen LogP contribution in [0.5, 0.6) is 0 Å². The maximum absolute atomic E-state index is 3.89. The van der Waals surface area contributed by atoms with Gasteiger partial charge in [-0.05, 0) is 6.42 Å². The van der Waals surface area contributed by atoms with Crippen molar-refractivity contribution in [1.29, 1.82) is 0 Å². The molecule has 0 aromatic rings. The normalized spacial score (nSPS) is 10.0. The minimum Gasteiger partial charge on any atom is -1.00 e. The molecule has 0 spiro atoms. The maximum atomic E-state index is 3.89. The average Bonchev–Trinajstić information content (AvgIpc) is 2.43. The fraction of sp³-hybridized carbons (Fsp3) is 0.944. The van der Waals surface area contributed by atoms with Gasteiger partial charge < -0.3 is 19.3 Å². The van der Waals surface area contributed by atoms with Crippen LogP contribution in [0.25, 0.3) is 0 Å². The van der Waals surface area contributed by atoms with Crippen molar-refractivity contribution >= 4 is 39.0 Å². The van der Waals surface area contributed by atoms with E-state index in [4.69, 9.17) is 0 Å². The van der Waals surface area contributed by atoms with Crippen molar-refractivity contribution in [2.45, 2.75) is 103 Å². The van der Waals surface area contributed by atoms with E-state index >= 15 is 0 Å². The Labute approximate surface area is 165 Å². The summed E-state index contributed by atoms with van der Waals surface area (Å²) in [5, 5.41) is 1.18. The summed E-state index contributed by atoms with van der Waals surface area (Å²) in [6.45, 7) is 3.89. The van der Waals surface area contributed by atoms with E-state index in [1.54, 1.807) is 0 Å². The molecule has 0 aliphatic carbocycles. The van der Waals surface area contributed by atoms with Crippen LogP contribution in [0.2, 0.25) is 0 Å². The first kappa shape index (κ1) is 27.4. The Bertz CT molecular complexity index is 140. The van der Waals surface area contributed by atoms with Gasteiger partial charge in [-0.1, -0.05) is 106 Å². The van der Waals surface area contributed by atoms with Crippen LogP contribution in [0.15, 0.2) is 0 Å². The van der Waals surface area contributed by atoms with Crippen molar-refractivity contribution in [2.75, 3.05) is 5.33 Å². The van der Waals surface area contributed by atoms with Crippen LogP contribution in [0.1, 0.15) is 103 Å². The second kappa shape index (κ2) is 26.4. The van der Waals surface area contributed by atoms with Crippen molar-refractivity contribution in [3.05, 3.63) is 6.92 Å². The summed E-state index contributed by atoms with van der Waals surface area (Å²) < 4.78 is 0. The van der Waals surface area contributed by atoms with E-state index in [0.717, 1.165) is 6.42 Å². The van der Waals surface area contributed by atoms with Gasteiger partial charge in [-0.25, -0.2) is 0 Å². The number of rotatable bonds is 16. The largest absolute Gasteiger partial charge is 2.00 e. The third-order valence-corrected chi connectivity index (χ3v) is 4.44. The van der Waals surface area contributed by atoms with Crippen LogP contribution < -0.4 is 12.4 Å². The van der Waals surface area contributed by atoms with Gasteiger partial charge in [-0.15, -0.1) is 0 Å². The molecule has 0 fully saturated rings. The molecule has 0 saturated heterocycles. The van der Waals surface area contributed by atoms with Crippen molar-refractivity contribution in [3.8, 4) is 0 Å². The van der Waals surface area contributed by atoms with E-state index in [1.807, 2.05) is 0 Å². The Morgan fingerprint density at radius 1 is 0.476 bits per heavy atom. The minimum absolute atomic E-state index is 0. The van der Waals surface area contributed by atoms with Crippen LogP contribution >= 0.6 is 15.9 Å². The standard InChI is InChI=1S/C18H36Br.ClH.Mg/c1-2-3-4-5-6-7-8-9-10-11-12-13-14-15-16-17-18-19;;/h1-18H2;1H;/q-1;;+2/p-1. The summed E-state index contributed by atoms with van der Waals surface area (Å²) in [5.41, 5.74) is 0. The third-order valence-electron chi connectivity index (χ3n) is 3.88. The molecule has 0 radical (unpaired) electrons. The van der Waals surface area contributed by atoms with E-state index in [9.17, 15) is 0 Å². The maximum Gasteiger partial charge on any atom is 2.00 e. The Hall–Kier alpha value is 1.54. The van der Waals surface area contributed by atoms with Crippen LogP contribution in [0.3, 0.4) is 0 Å². The molecule has 0 rings (SSSR count). The van der Waals surface area contributed by atoms with Gasteiger partial charge in [0.25, 0.3) is 0 Å². The molecule has 0 N–H and O–H groups in total. The van der Waals surface area contributed by atoms with E-state index < -0.39 is 0 Å². The molecule has 0 amide bonds. The molecule has 0 saturated carbocycles. The van der Waals surface area contributed by atoms with Gasteiger partial charge >= 0.3 is 23.1 Å². The summed E-state index contributed by atoms with van der Waals surface area (Å²) in [5.74, 6) is 0. The van der Waals surface area contributed by atoms with Gasteiger partial charge in [0.05, 0.1) is 0 Å². The molecule has 0 heterocycles. The molecule has 3 heteroatoms. The van der Waals surface area contributed by atoms with E-state index in [2.05, 4.69) is 22.9 Å². The summed E-state index contributed by atoms with van der Waals surface area (Å²) in [7, 11) is 0. The van der Waals surface area contributed by atoms with Crippen LogP contribution in [0.4, 0.5) is 0 Å². The molecule has 21 heavy (non-hydrogen) atoms. The molecule has 0 nitrogen and oxygen atoms in total. The Morgan fingerprint density at radius 2 is 0.714 bits per heavy atom. The molecule has 0 aliphatic rings. The average molecular weight is 392 g/mol. The first-order chi connectivity index (χ1) is 9.41. The predicted molar refractivity (Wildman–Crippen MR) is 98.8 cm³/mol. The van der Waals surface area contributed by atoms with Gasteiger partial charge in [0.15, 0.2) is 0 Å². The van der Waals surface area contributed by atoms with Gasteiger partial charge in [-0.2, -0.15) is 6.42 Å². The summed E-state index contributed by atoms with van der Waals surface area (Å²) >= 11 is 3.49. The quantitative estimate of drug-likeness (QED) is 0.161. The zero-order chi connectivity index (χ0) is 14.0. The molecule has 0 aliphatic heterocycles. The second-order valence-electron chi connectivity index (χ2n) is 5.85. The van der Waals surface area contributed by atoms with Crippen LogP contribution in [0, 0.1) is 6.92 Å². The minimum atomic E-state index is 0. The summed E-state index contributed by atoms with van der Waals surface area (Å²) in [4.78, 5) is 0. The molecule has 0 aromatic carbocycles. The molecular weight excluding hydrogens is 356 g/mol. The van der Waals surface area contributed by atoms with Gasteiger partial charge in [-0.3, -0.25) is 0 Å². The Kier molecular flexibility index (Phi) is 34.5. The third kappa shape index (κ3) is 26.7. The molecule has 0 atom stereocenters. The number of halogens is 2.